The SMILES string of the molecule is O=C(Nc1cccc(-c2nc3ccccc3o2)c1)Nc1ccccc1F. The van der Waals surface area contributed by atoms with E-state index in [0.29, 0.717) is 17.2 Å². The highest BCUT2D eigenvalue weighted by Gasteiger charge is 2.10. The van der Waals surface area contributed by atoms with E-state index >= 15 is 0 Å². The van der Waals surface area contributed by atoms with Crippen molar-refractivity contribution in [2.75, 3.05) is 10.6 Å². The lowest BCUT2D eigenvalue weighted by Crippen LogP contribution is -2.20. The number of halogens is 1. The standard InChI is InChI=1S/C20H14FN3O2/c21-15-8-1-2-9-16(15)24-20(25)22-14-7-5-6-13(12-14)19-23-17-10-3-4-11-18(17)26-19/h1-12H,(H2,22,24,25). The predicted octanol–water partition coefficient (Wildman–Crippen LogP) is 5.28. The third-order valence-corrected chi connectivity index (χ3v) is 3.78. The second-order valence-corrected chi connectivity index (χ2v) is 5.63. The lowest BCUT2D eigenvalue weighted by Gasteiger charge is -2.09. The Morgan fingerprint density at radius 3 is 2.58 bits per heavy atom. The summed E-state index contributed by atoms with van der Waals surface area (Å²) in [6.45, 7) is 0. The molecule has 1 heterocycles. The van der Waals surface area contributed by atoms with Crippen LogP contribution in [0.3, 0.4) is 0 Å². The second-order valence-electron chi connectivity index (χ2n) is 5.63. The molecule has 0 aliphatic heterocycles. The first kappa shape index (κ1) is 15.8. The Bertz CT molecular complexity index is 1060. The van der Waals surface area contributed by atoms with E-state index in [1.54, 1.807) is 30.3 Å². The van der Waals surface area contributed by atoms with Gasteiger partial charge in [-0.2, -0.15) is 0 Å². The molecule has 0 spiro atoms. The summed E-state index contributed by atoms with van der Waals surface area (Å²) < 4.78 is 19.3. The molecule has 0 atom stereocenters. The zero-order chi connectivity index (χ0) is 17.9. The average Bonchev–Trinajstić information content (AvgIpc) is 3.08. The number of benzene rings is 3. The molecular formula is C20H14FN3O2. The maximum atomic E-state index is 13.6. The van der Waals surface area contributed by atoms with E-state index in [0.717, 1.165) is 11.1 Å². The highest BCUT2D eigenvalue weighted by atomic mass is 19.1. The number of nitrogens with one attached hydrogen (secondary N) is 2. The van der Waals surface area contributed by atoms with Gasteiger partial charge >= 0.3 is 6.03 Å². The molecule has 2 amide bonds. The molecule has 2 N–H and O–H groups in total. The van der Waals surface area contributed by atoms with Gasteiger partial charge in [0, 0.05) is 11.3 Å². The fraction of sp³-hybridized carbons (Fsp3) is 0. The minimum atomic E-state index is -0.537. The largest absolute Gasteiger partial charge is 0.436 e. The fourth-order valence-corrected chi connectivity index (χ4v) is 2.57. The smallest absolute Gasteiger partial charge is 0.323 e. The number of para-hydroxylation sites is 3. The van der Waals surface area contributed by atoms with Gasteiger partial charge in [-0.05, 0) is 42.5 Å². The first-order chi connectivity index (χ1) is 12.7. The maximum Gasteiger partial charge on any atom is 0.323 e. The number of urea groups is 1. The molecule has 128 valence electrons. The molecule has 0 unspecified atom stereocenters. The third kappa shape index (κ3) is 3.25. The monoisotopic (exact) mass is 347 g/mol. The lowest BCUT2D eigenvalue weighted by atomic mass is 10.2. The van der Waals surface area contributed by atoms with Gasteiger partial charge < -0.3 is 15.1 Å². The fourth-order valence-electron chi connectivity index (χ4n) is 2.57. The van der Waals surface area contributed by atoms with Gasteiger partial charge in [-0.3, -0.25) is 0 Å². The molecule has 0 aliphatic carbocycles. The van der Waals surface area contributed by atoms with Crippen LogP contribution in [0.15, 0.2) is 77.2 Å². The maximum absolute atomic E-state index is 13.6. The van der Waals surface area contributed by atoms with Gasteiger partial charge in [0.05, 0.1) is 5.69 Å². The molecule has 0 fully saturated rings. The van der Waals surface area contributed by atoms with Crippen molar-refractivity contribution in [3.8, 4) is 11.5 Å². The van der Waals surface area contributed by atoms with Gasteiger partial charge in [0.25, 0.3) is 0 Å². The molecule has 1 aromatic heterocycles. The van der Waals surface area contributed by atoms with Crippen LogP contribution in [0.5, 0.6) is 0 Å². The van der Waals surface area contributed by atoms with Crippen LogP contribution in [0, 0.1) is 5.82 Å². The number of hydrogen-bond donors (Lipinski definition) is 2. The molecule has 6 heteroatoms. The van der Waals surface area contributed by atoms with Gasteiger partial charge in [-0.25, -0.2) is 14.2 Å². The van der Waals surface area contributed by atoms with Crippen LogP contribution >= 0.6 is 0 Å². The van der Waals surface area contributed by atoms with Crippen LogP contribution < -0.4 is 10.6 Å². The number of fused-ring (bicyclic) bond motifs is 1. The quantitative estimate of drug-likeness (QED) is 0.530. The molecule has 0 aliphatic rings. The van der Waals surface area contributed by atoms with E-state index in [9.17, 15) is 9.18 Å². The zero-order valence-corrected chi connectivity index (χ0v) is 13.6. The Balaban J connectivity index is 1.54. The van der Waals surface area contributed by atoms with Gasteiger partial charge in [0.15, 0.2) is 5.58 Å². The van der Waals surface area contributed by atoms with Crippen molar-refractivity contribution < 1.29 is 13.6 Å². The minimum absolute atomic E-state index is 0.111. The van der Waals surface area contributed by atoms with Crippen molar-refractivity contribution in [3.05, 3.63) is 78.6 Å². The second kappa shape index (κ2) is 6.68. The average molecular weight is 347 g/mol. The molecule has 4 aromatic rings. The van der Waals surface area contributed by atoms with Gasteiger partial charge in [-0.1, -0.05) is 30.3 Å². The predicted molar refractivity (Wildman–Crippen MR) is 98.5 cm³/mol. The number of hydrogen-bond acceptors (Lipinski definition) is 3. The number of nitrogens with zero attached hydrogens (tertiary/aromatic N) is 1. The number of aromatic nitrogens is 1. The van der Waals surface area contributed by atoms with Crippen molar-refractivity contribution in [2.24, 2.45) is 0 Å². The van der Waals surface area contributed by atoms with E-state index in [-0.39, 0.29) is 5.69 Å². The molecule has 4 rings (SSSR count). The molecular weight excluding hydrogens is 333 g/mol. The molecule has 0 radical (unpaired) electrons. The van der Waals surface area contributed by atoms with Crippen LogP contribution in [0.1, 0.15) is 0 Å². The van der Waals surface area contributed by atoms with Crippen LogP contribution in [0.25, 0.3) is 22.6 Å². The summed E-state index contributed by atoms with van der Waals surface area (Å²) in [5, 5.41) is 5.15. The topological polar surface area (TPSA) is 67.2 Å². The van der Waals surface area contributed by atoms with Crippen molar-refractivity contribution in [1.29, 1.82) is 0 Å². The summed E-state index contributed by atoms with van der Waals surface area (Å²) >= 11 is 0. The molecule has 26 heavy (non-hydrogen) atoms. The van der Waals surface area contributed by atoms with E-state index < -0.39 is 11.8 Å². The van der Waals surface area contributed by atoms with Crippen LogP contribution in [0.4, 0.5) is 20.6 Å². The number of oxazole rings is 1. The molecule has 3 aromatic carbocycles. The van der Waals surface area contributed by atoms with Crippen LogP contribution in [-0.4, -0.2) is 11.0 Å². The van der Waals surface area contributed by atoms with Gasteiger partial charge in [0.2, 0.25) is 5.89 Å². The Hall–Kier alpha value is -3.67. The summed E-state index contributed by atoms with van der Waals surface area (Å²) in [5.41, 5.74) is 2.83. The number of carbonyl (C=O) groups is 1. The number of carbonyl (C=O) groups excluding carboxylic acids is 1. The molecule has 0 saturated carbocycles. The summed E-state index contributed by atoms with van der Waals surface area (Å²) in [7, 11) is 0. The Morgan fingerprint density at radius 2 is 1.73 bits per heavy atom. The summed E-state index contributed by atoms with van der Waals surface area (Å²) in [5.74, 6) is -0.0350. The third-order valence-electron chi connectivity index (χ3n) is 3.78. The van der Waals surface area contributed by atoms with Crippen molar-refractivity contribution in [3.63, 3.8) is 0 Å². The lowest BCUT2D eigenvalue weighted by molar-refractivity contribution is 0.262. The minimum Gasteiger partial charge on any atom is -0.436 e. The Labute approximate surface area is 148 Å². The van der Waals surface area contributed by atoms with Gasteiger partial charge in [0.1, 0.15) is 11.3 Å². The summed E-state index contributed by atoms with van der Waals surface area (Å²) in [4.78, 5) is 16.5. The number of rotatable bonds is 3. The van der Waals surface area contributed by atoms with E-state index in [1.165, 1.54) is 12.1 Å². The first-order valence-corrected chi connectivity index (χ1v) is 7.97. The molecule has 0 saturated heterocycles. The highest BCUT2D eigenvalue weighted by Crippen LogP contribution is 2.26. The van der Waals surface area contributed by atoms with Crippen molar-refractivity contribution >= 4 is 28.5 Å². The number of amides is 2. The summed E-state index contributed by atoms with van der Waals surface area (Å²) in [6, 6.07) is 20.0. The van der Waals surface area contributed by atoms with E-state index in [4.69, 9.17) is 4.42 Å². The number of anilines is 2. The Morgan fingerprint density at radius 1 is 0.923 bits per heavy atom. The zero-order valence-electron chi connectivity index (χ0n) is 13.6. The normalized spacial score (nSPS) is 10.7. The van der Waals surface area contributed by atoms with E-state index in [2.05, 4.69) is 15.6 Å². The molecule has 5 nitrogen and oxygen atoms in total. The molecule has 0 bridgehead atoms. The van der Waals surface area contributed by atoms with E-state index in [1.807, 2.05) is 30.3 Å². The Kier molecular flexibility index (Phi) is 4.07. The first-order valence-electron chi connectivity index (χ1n) is 7.97. The summed E-state index contributed by atoms with van der Waals surface area (Å²) in [6.07, 6.45) is 0. The highest BCUT2D eigenvalue weighted by molar-refractivity contribution is 6.00. The van der Waals surface area contributed by atoms with Crippen molar-refractivity contribution in [1.82, 2.24) is 4.98 Å². The van der Waals surface area contributed by atoms with Crippen LogP contribution in [-0.2, 0) is 0 Å². The van der Waals surface area contributed by atoms with Gasteiger partial charge in [-0.15, -0.1) is 0 Å². The van der Waals surface area contributed by atoms with Crippen molar-refractivity contribution in [2.45, 2.75) is 0 Å². The van der Waals surface area contributed by atoms with Crippen LogP contribution in [0.2, 0.25) is 0 Å².